The van der Waals surface area contributed by atoms with E-state index in [0.29, 0.717) is 32.9 Å². The Morgan fingerprint density at radius 1 is 1.13 bits per heavy atom. The zero-order valence-corrected chi connectivity index (χ0v) is 17.5. The van der Waals surface area contributed by atoms with Gasteiger partial charge in [0, 0.05) is 17.7 Å². The topological polar surface area (TPSA) is 103 Å². The molecule has 0 radical (unpaired) electrons. The van der Waals surface area contributed by atoms with E-state index >= 15 is 0 Å². The Morgan fingerprint density at radius 3 is 2.40 bits per heavy atom. The quantitative estimate of drug-likeness (QED) is 0.563. The third kappa shape index (κ3) is 4.34. The number of amides is 1. The average molecular weight is 425 g/mol. The summed E-state index contributed by atoms with van der Waals surface area (Å²) in [6, 6.07) is 11.7. The highest BCUT2D eigenvalue weighted by molar-refractivity contribution is 7.16. The molecule has 0 aliphatic rings. The van der Waals surface area contributed by atoms with E-state index in [0.717, 1.165) is 4.70 Å². The summed E-state index contributed by atoms with van der Waals surface area (Å²) < 4.78 is 18.1. The summed E-state index contributed by atoms with van der Waals surface area (Å²) >= 11 is 1.24. The highest BCUT2D eigenvalue weighted by Gasteiger charge is 2.16. The number of ether oxygens (including phenoxy) is 3. The number of aromatic nitrogens is 1. The fourth-order valence-corrected chi connectivity index (χ4v) is 3.85. The first kappa shape index (κ1) is 21.1. The number of benzene rings is 2. The summed E-state index contributed by atoms with van der Waals surface area (Å²) in [6.45, 7) is 1.86. The number of carbonyl (C=O) groups is 2. The smallest absolute Gasteiger partial charge is 0.326 e. The van der Waals surface area contributed by atoms with Crippen molar-refractivity contribution in [3.63, 3.8) is 0 Å². The molecule has 0 bridgehead atoms. The lowest BCUT2D eigenvalue weighted by Crippen LogP contribution is -2.23. The summed E-state index contributed by atoms with van der Waals surface area (Å²) in [5.41, 5.74) is 1.45. The molecule has 9 heteroatoms. The van der Waals surface area contributed by atoms with Crippen molar-refractivity contribution in [2.75, 3.05) is 20.8 Å². The lowest BCUT2D eigenvalue weighted by atomic mass is 10.1. The minimum atomic E-state index is -0.484. The first-order valence-electron chi connectivity index (χ1n) is 9.01. The average Bonchev–Trinajstić information content (AvgIpc) is 3.08. The molecule has 0 unspecified atom stereocenters. The van der Waals surface area contributed by atoms with E-state index in [2.05, 4.69) is 4.99 Å². The maximum Gasteiger partial charge on any atom is 0.326 e. The summed E-state index contributed by atoms with van der Waals surface area (Å²) in [4.78, 5) is 29.4. The van der Waals surface area contributed by atoms with Gasteiger partial charge in [0.1, 0.15) is 6.54 Å². The number of nitrogens with zero attached hydrogens (tertiary/aromatic N) is 3. The van der Waals surface area contributed by atoms with Gasteiger partial charge in [-0.05, 0) is 31.2 Å². The van der Waals surface area contributed by atoms with E-state index in [1.54, 1.807) is 47.9 Å². The van der Waals surface area contributed by atoms with Crippen LogP contribution < -0.4 is 14.3 Å². The molecule has 0 saturated carbocycles. The number of hydrogen-bond donors (Lipinski definition) is 0. The molecule has 1 aromatic heterocycles. The fourth-order valence-electron chi connectivity index (χ4n) is 2.81. The Balaban J connectivity index is 2.15. The largest absolute Gasteiger partial charge is 0.493 e. The van der Waals surface area contributed by atoms with Gasteiger partial charge in [0.25, 0.3) is 5.91 Å². The molecule has 0 spiro atoms. The molecule has 0 aliphatic carbocycles. The van der Waals surface area contributed by atoms with Gasteiger partial charge in [-0.3, -0.25) is 9.59 Å². The van der Waals surface area contributed by atoms with Crippen molar-refractivity contribution >= 4 is 33.4 Å². The van der Waals surface area contributed by atoms with Crippen LogP contribution in [0.25, 0.3) is 10.2 Å². The number of esters is 1. The van der Waals surface area contributed by atoms with Crippen molar-refractivity contribution in [2.24, 2.45) is 4.99 Å². The second-order valence-electron chi connectivity index (χ2n) is 6.06. The van der Waals surface area contributed by atoms with E-state index < -0.39 is 11.9 Å². The summed E-state index contributed by atoms with van der Waals surface area (Å²) in [6.07, 6.45) is 0. The maximum absolute atomic E-state index is 12.7. The van der Waals surface area contributed by atoms with Gasteiger partial charge in [-0.1, -0.05) is 11.3 Å². The predicted molar refractivity (Wildman–Crippen MR) is 111 cm³/mol. The predicted octanol–water partition coefficient (Wildman–Crippen LogP) is 2.90. The Hall–Kier alpha value is -3.64. The first-order chi connectivity index (χ1) is 14.5. The first-order valence-corrected chi connectivity index (χ1v) is 9.82. The van der Waals surface area contributed by atoms with Gasteiger partial charge < -0.3 is 18.8 Å². The van der Waals surface area contributed by atoms with Crippen LogP contribution in [0.1, 0.15) is 22.8 Å². The Labute approximate surface area is 176 Å². The molecule has 3 aromatic rings. The van der Waals surface area contributed by atoms with Gasteiger partial charge in [-0.15, -0.1) is 0 Å². The van der Waals surface area contributed by atoms with Crippen LogP contribution >= 0.6 is 11.3 Å². The zero-order chi connectivity index (χ0) is 21.7. The van der Waals surface area contributed by atoms with Gasteiger partial charge in [0.2, 0.25) is 0 Å². The molecule has 1 heterocycles. The standard InChI is InChI=1S/C21H19N3O5S/c1-4-29-19(25)12-24-15-9-16(27-2)17(28-3)10-18(15)30-21(24)23-20(26)14-7-5-13(11-22)6-8-14/h5-10H,4,12H2,1-3H3. The lowest BCUT2D eigenvalue weighted by Gasteiger charge is -2.09. The molecule has 2 aromatic carbocycles. The third-order valence-corrected chi connectivity index (χ3v) is 5.28. The van der Waals surface area contributed by atoms with Crippen LogP contribution in [0.5, 0.6) is 11.5 Å². The minimum Gasteiger partial charge on any atom is -0.493 e. The normalized spacial score (nSPS) is 11.2. The number of rotatable bonds is 6. The second-order valence-corrected chi connectivity index (χ2v) is 7.07. The van der Waals surface area contributed by atoms with Crippen LogP contribution in [0, 0.1) is 11.3 Å². The van der Waals surface area contributed by atoms with Crippen molar-refractivity contribution in [3.05, 3.63) is 52.3 Å². The van der Waals surface area contributed by atoms with Crippen LogP contribution in [0.15, 0.2) is 41.4 Å². The molecule has 154 valence electrons. The molecule has 0 N–H and O–H groups in total. The molecule has 30 heavy (non-hydrogen) atoms. The van der Waals surface area contributed by atoms with E-state index in [1.165, 1.54) is 25.6 Å². The van der Waals surface area contributed by atoms with E-state index in [1.807, 2.05) is 6.07 Å². The van der Waals surface area contributed by atoms with Crippen molar-refractivity contribution < 1.29 is 23.8 Å². The van der Waals surface area contributed by atoms with Gasteiger partial charge in [-0.2, -0.15) is 10.3 Å². The maximum atomic E-state index is 12.7. The van der Waals surface area contributed by atoms with Crippen LogP contribution in [-0.4, -0.2) is 37.3 Å². The Bertz CT molecular complexity index is 1200. The van der Waals surface area contributed by atoms with E-state index in [-0.39, 0.29) is 13.2 Å². The molecule has 1 amide bonds. The van der Waals surface area contributed by atoms with E-state index in [9.17, 15) is 9.59 Å². The Morgan fingerprint density at radius 2 is 1.80 bits per heavy atom. The Kier molecular flexibility index (Phi) is 6.49. The molecular weight excluding hydrogens is 406 g/mol. The highest BCUT2D eigenvalue weighted by Crippen LogP contribution is 2.33. The zero-order valence-electron chi connectivity index (χ0n) is 16.7. The number of nitriles is 1. The van der Waals surface area contributed by atoms with Crippen LogP contribution in [0.4, 0.5) is 0 Å². The van der Waals surface area contributed by atoms with Crippen LogP contribution in [-0.2, 0) is 16.1 Å². The van der Waals surface area contributed by atoms with Crippen molar-refractivity contribution in [3.8, 4) is 17.6 Å². The second kappa shape index (κ2) is 9.24. The highest BCUT2D eigenvalue weighted by atomic mass is 32.1. The monoisotopic (exact) mass is 425 g/mol. The molecule has 8 nitrogen and oxygen atoms in total. The summed E-state index contributed by atoms with van der Waals surface area (Å²) in [5, 5.41) is 8.91. The van der Waals surface area contributed by atoms with Crippen molar-refractivity contribution in [2.45, 2.75) is 13.5 Å². The molecule has 3 rings (SSSR count). The van der Waals surface area contributed by atoms with Crippen molar-refractivity contribution in [1.82, 2.24) is 4.57 Å². The molecule has 0 aliphatic heterocycles. The number of methoxy groups -OCH3 is 2. The van der Waals surface area contributed by atoms with Crippen LogP contribution in [0.3, 0.4) is 0 Å². The molecular formula is C21H19N3O5S. The third-order valence-electron chi connectivity index (χ3n) is 4.24. The van der Waals surface area contributed by atoms with Gasteiger partial charge in [0.15, 0.2) is 16.3 Å². The number of fused-ring (bicyclic) bond motifs is 1. The summed E-state index contributed by atoms with van der Waals surface area (Å²) in [7, 11) is 3.05. The lowest BCUT2D eigenvalue weighted by molar-refractivity contribution is -0.143. The van der Waals surface area contributed by atoms with Gasteiger partial charge in [0.05, 0.1) is 42.7 Å². The SMILES string of the molecule is CCOC(=O)Cn1c(=NC(=O)c2ccc(C#N)cc2)sc2cc(OC)c(OC)cc21. The van der Waals surface area contributed by atoms with Crippen molar-refractivity contribution in [1.29, 1.82) is 5.26 Å². The summed E-state index contributed by atoms with van der Waals surface area (Å²) in [5.74, 6) is 0.0896. The number of carbonyl (C=O) groups excluding carboxylic acids is 2. The number of thiazole rings is 1. The minimum absolute atomic E-state index is 0.108. The fraction of sp³-hybridized carbons (Fsp3) is 0.238. The van der Waals surface area contributed by atoms with Crippen LogP contribution in [0.2, 0.25) is 0 Å². The molecule has 0 atom stereocenters. The molecule has 0 saturated heterocycles. The molecule has 0 fully saturated rings. The van der Waals surface area contributed by atoms with Gasteiger partial charge in [-0.25, -0.2) is 0 Å². The van der Waals surface area contributed by atoms with E-state index in [4.69, 9.17) is 19.5 Å². The van der Waals surface area contributed by atoms with Gasteiger partial charge >= 0.3 is 5.97 Å². The number of hydrogen-bond acceptors (Lipinski definition) is 7.